The lowest BCUT2D eigenvalue weighted by Crippen LogP contribution is -2.54. The third-order valence-electron chi connectivity index (χ3n) is 5.59. The molecule has 5 atom stereocenters. The van der Waals surface area contributed by atoms with Gasteiger partial charge >= 0.3 is 0 Å². The van der Waals surface area contributed by atoms with Gasteiger partial charge in [0.05, 0.1) is 13.2 Å². The van der Waals surface area contributed by atoms with Crippen LogP contribution in [-0.2, 0) is 11.2 Å². The van der Waals surface area contributed by atoms with Gasteiger partial charge in [0, 0.05) is 16.1 Å². The normalized spacial score (nSPS) is 25.3. The van der Waals surface area contributed by atoms with E-state index >= 15 is 0 Å². The highest BCUT2D eigenvalue weighted by molar-refractivity contribution is 7.80. The van der Waals surface area contributed by atoms with Gasteiger partial charge in [0.1, 0.15) is 36.3 Å². The zero-order chi connectivity index (χ0) is 24.0. The first-order valence-corrected chi connectivity index (χ1v) is 11.8. The van der Waals surface area contributed by atoms with E-state index in [9.17, 15) is 15.3 Å². The summed E-state index contributed by atoms with van der Waals surface area (Å²) in [7, 11) is 0. The molecule has 2 aromatic carbocycles. The van der Waals surface area contributed by atoms with Crippen molar-refractivity contribution in [2.24, 2.45) is 4.99 Å². The molecule has 0 amide bonds. The Kier molecular flexibility index (Phi) is 9.37. The number of hydrogen-bond acceptors (Lipinski definition) is 7. The predicted molar refractivity (Wildman–Crippen MR) is 134 cm³/mol. The lowest BCUT2D eigenvalue weighted by molar-refractivity contribution is -0.205. The summed E-state index contributed by atoms with van der Waals surface area (Å²) >= 11 is 11.6. The number of hydrogen-bond donors (Lipinski definition) is 3. The third kappa shape index (κ3) is 6.59. The minimum Gasteiger partial charge on any atom is -0.494 e. The van der Waals surface area contributed by atoms with Crippen LogP contribution in [-0.4, -0.2) is 64.0 Å². The molecule has 1 fully saturated rings. The molecule has 0 aromatic heterocycles. The first-order chi connectivity index (χ1) is 15.8. The van der Waals surface area contributed by atoms with Crippen molar-refractivity contribution in [3.63, 3.8) is 0 Å². The highest BCUT2D eigenvalue weighted by Crippen LogP contribution is 2.34. The molecule has 8 heteroatoms. The molecule has 0 spiro atoms. The van der Waals surface area contributed by atoms with Crippen LogP contribution in [0.1, 0.15) is 43.1 Å². The van der Waals surface area contributed by atoms with Crippen molar-refractivity contribution in [2.45, 2.75) is 57.2 Å². The molecule has 1 aliphatic rings. The van der Waals surface area contributed by atoms with E-state index in [0.717, 1.165) is 28.2 Å². The van der Waals surface area contributed by atoms with E-state index in [0.29, 0.717) is 30.2 Å². The van der Waals surface area contributed by atoms with Crippen molar-refractivity contribution in [1.29, 1.82) is 0 Å². The number of aliphatic hydroxyl groups excluding tert-OH is 3. The van der Waals surface area contributed by atoms with Crippen LogP contribution in [0.5, 0.6) is 5.75 Å². The molecule has 1 saturated heterocycles. The molecule has 0 unspecified atom stereocenters. The van der Waals surface area contributed by atoms with Crippen molar-refractivity contribution in [2.75, 3.05) is 13.2 Å². The van der Waals surface area contributed by atoms with Crippen molar-refractivity contribution < 1.29 is 24.8 Å². The number of nitrogens with zero attached hydrogens (tertiary/aromatic N) is 1. The molecule has 2 aromatic rings. The van der Waals surface area contributed by atoms with E-state index in [1.165, 1.54) is 6.21 Å². The van der Waals surface area contributed by atoms with Crippen LogP contribution in [0.2, 0.25) is 5.02 Å². The monoisotopic (exact) mass is 491 g/mol. The minimum atomic E-state index is -1.39. The van der Waals surface area contributed by atoms with Gasteiger partial charge < -0.3 is 24.8 Å². The Balaban J connectivity index is 1.79. The van der Waals surface area contributed by atoms with Crippen LogP contribution >= 0.6 is 23.8 Å². The number of thiocarbonyl (C=S) groups is 1. The topological polar surface area (TPSA) is 91.5 Å². The van der Waals surface area contributed by atoms with Crippen LogP contribution in [0.15, 0.2) is 47.5 Å². The van der Waals surface area contributed by atoms with Crippen molar-refractivity contribution in [3.8, 4) is 5.75 Å². The summed E-state index contributed by atoms with van der Waals surface area (Å²) in [6, 6.07) is 13.1. The minimum absolute atomic E-state index is 0.342. The van der Waals surface area contributed by atoms with Gasteiger partial charge in [-0.25, -0.2) is 0 Å². The SMILES string of the molecule is CCOc1ccc(Cc2cc([C@@H]3O[C@H](C=NCC(=S)CC)[C@@H](O)[C@H](O)[C@H]3O)ccc2Cl)cc1. The molecular formula is C25H30ClNO5S. The number of ether oxygens (including phenoxy) is 2. The highest BCUT2D eigenvalue weighted by Gasteiger charge is 2.43. The maximum Gasteiger partial charge on any atom is 0.122 e. The van der Waals surface area contributed by atoms with Crippen molar-refractivity contribution >= 4 is 34.9 Å². The van der Waals surface area contributed by atoms with Gasteiger partial charge in [-0.1, -0.05) is 55.0 Å². The summed E-state index contributed by atoms with van der Waals surface area (Å²) in [6.45, 7) is 4.84. The van der Waals surface area contributed by atoms with E-state index in [4.69, 9.17) is 33.3 Å². The van der Waals surface area contributed by atoms with Gasteiger partial charge in [-0.05, 0) is 54.7 Å². The van der Waals surface area contributed by atoms with Crippen LogP contribution in [0.4, 0.5) is 0 Å². The first kappa shape index (κ1) is 25.7. The summed E-state index contributed by atoms with van der Waals surface area (Å²) in [5.74, 6) is 0.805. The summed E-state index contributed by atoms with van der Waals surface area (Å²) in [5, 5.41) is 32.0. The van der Waals surface area contributed by atoms with Crippen molar-refractivity contribution in [1.82, 2.24) is 0 Å². The van der Waals surface area contributed by atoms with Gasteiger partial charge in [-0.3, -0.25) is 4.99 Å². The zero-order valence-electron chi connectivity index (χ0n) is 18.7. The molecule has 33 heavy (non-hydrogen) atoms. The molecule has 1 aliphatic heterocycles. The molecule has 6 nitrogen and oxygen atoms in total. The Labute approximate surface area is 204 Å². The maximum atomic E-state index is 10.6. The standard InChI is InChI=1S/C25H30ClNO5S/c1-3-19(33)13-27-14-21-22(28)23(29)24(30)25(32-21)16-7-10-20(26)17(12-16)11-15-5-8-18(9-6-15)31-4-2/h5-10,12,14,21-25,28-30H,3-4,11,13H2,1-2H3/t21-,22-,23+,24-,25+/m1/s1. The lowest BCUT2D eigenvalue weighted by Gasteiger charge is -2.39. The number of aliphatic imine (C=N–C) groups is 1. The average molecular weight is 492 g/mol. The predicted octanol–water partition coefficient (Wildman–Crippen LogP) is 3.70. The molecule has 0 radical (unpaired) electrons. The molecule has 1 heterocycles. The van der Waals surface area contributed by atoms with Crippen LogP contribution in [0, 0.1) is 0 Å². The fraction of sp³-hybridized carbons (Fsp3) is 0.440. The summed E-state index contributed by atoms with van der Waals surface area (Å²) < 4.78 is 11.4. The summed E-state index contributed by atoms with van der Waals surface area (Å²) in [6.07, 6.45) is -2.97. The van der Waals surface area contributed by atoms with Gasteiger partial charge in [0.25, 0.3) is 0 Å². The number of rotatable bonds is 9. The molecule has 3 rings (SSSR count). The van der Waals surface area contributed by atoms with E-state index in [2.05, 4.69) is 4.99 Å². The largest absolute Gasteiger partial charge is 0.494 e. The van der Waals surface area contributed by atoms with Gasteiger partial charge in [-0.2, -0.15) is 0 Å². The lowest BCUT2D eigenvalue weighted by atomic mass is 9.90. The third-order valence-corrected chi connectivity index (χ3v) is 6.38. The average Bonchev–Trinajstić information content (AvgIpc) is 2.82. The Morgan fingerprint density at radius 1 is 1.09 bits per heavy atom. The number of aliphatic hydroxyl groups is 3. The Morgan fingerprint density at radius 2 is 1.82 bits per heavy atom. The molecule has 178 valence electrons. The second-order valence-corrected chi connectivity index (χ2v) is 8.96. The van der Waals surface area contributed by atoms with Crippen LogP contribution in [0.25, 0.3) is 0 Å². The van der Waals surface area contributed by atoms with Crippen LogP contribution < -0.4 is 4.74 Å². The highest BCUT2D eigenvalue weighted by atomic mass is 35.5. The van der Waals surface area contributed by atoms with E-state index in [-0.39, 0.29) is 0 Å². The van der Waals surface area contributed by atoms with Crippen LogP contribution in [0.3, 0.4) is 0 Å². The van der Waals surface area contributed by atoms with E-state index in [1.54, 1.807) is 12.1 Å². The maximum absolute atomic E-state index is 10.6. The Bertz CT molecular complexity index is 968. The molecular weight excluding hydrogens is 462 g/mol. The fourth-order valence-electron chi connectivity index (χ4n) is 3.67. The quantitative estimate of drug-likeness (QED) is 0.366. The molecule has 3 N–H and O–H groups in total. The molecule has 0 saturated carbocycles. The van der Waals surface area contributed by atoms with E-state index < -0.39 is 30.5 Å². The zero-order valence-corrected chi connectivity index (χ0v) is 20.3. The van der Waals surface area contributed by atoms with Crippen molar-refractivity contribution in [3.05, 3.63) is 64.2 Å². The number of benzene rings is 2. The van der Waals surface area contributed by atoms with Gasteiger partial charge in [0.15, 0.2) is 0 Å². The summed E-state index contributed by atoms with van der Waals surface area (Å²) in [5.41, 5.74) is 2.56. The van der Waals surface area contributed by atoms with Gasteiger partial charge in [-0.15, -0.1) is 0 Å². The number of halogens is 1. The molecule has 0 aliphatic carbocycles. The summed E-state index contributed by atoms with van der Waals surface area (Å²) in [4.78, 5) is 5.02. The smallest absolute Gasteiger partial charge is 0.122 e. The first-order valence-electron chi connectivity index (χ1n) is 11.0. The second kappa shape index (κ2) is 12.0. The fourth-order valence-corrected chi connectivity index (χ4v) is 3.93. The Morgan fingerprint density at radius 3 is 2.48 bits per heavy atom. The molecule has 0 bridgehead atoms. The van der Waals surface area contributed by atoms with Gasteiger partial charge in [0.2, 0.25) is 0 Å². The van der Waals surface area contributed by atoms with E-state index in [1.807, 2.05) is 44.2 Å². The second-order valence-electron chi connectivity index (χ2n) is 7.98. The Hall–Kier alpha value is -1.87.